The first kappa shape index (κ1) is 14.3. The van der Waals surface area contributed by atoms with Gasteiger partial charge in [0.1, 0.15) is 0 Å². The van der Waals surface area contributed by atoms with Gasteiger partial charge in [0.05, 0.1) is 6.54 Å². The van der Waals surface area contributed by atoms with Crippen LogP contribution in [0.1, 0.15) is 45.4 Å². The number of nitrogens with one attached hydrogen (secondary N) is 2. The first-order chi connectivity index (χ1) is 9.65. The summed E-state index contributed by atoms with van der Waals surface area (Å²) in [6, 6.07) is 0.434. The lowest BCUT2D eigenvalue weighted by Crippen LogP contribution is -2.43. The number of amides is 1. The molecule has 3 rings (SSSR count). The average Bonchev–Trinajstić information content (AvgIpc) is 3.03. The van der Waals surface area contributed by atoms with Crippen molar-refractivity contribution in [2.75, 3.05) is 32.7 Å². The Morgan fingerprint density at radius 3 is 2.80 bits per heavy atom. The van der Waals surface area contributed by atoms with E-state index in [1.165, 1.54) is 38.5 Å². The van der Waals surface area contributed by atoms with Gasteiger partial charge >= 0.3 is 0 Å². The van der Waals surface area contributed by atoms with Gasteiger partial charge in [0.25, 0.3) is 0 Å². The van der Waals surface area contributed by atoms with Gasteiger partial charge < -0.3 is 10.6 Å². The zero-order valence-corrected chi connectivity index (χ0v) is 12.8. The van der Waals surface area contributed by atoms with Crippen LogP contribution in [0.5, 0.6) is 0 Å². The van der Waals surface area contributed by atoms with Crippen LogP contribution in [0.25, 0.3) is 0 Å². The van der Waals surface area contributed by atoms with Gasteiger partial charge in [-0.2, -0.15) is 0 Å². The van der Waals surface area contributed by atoms with Crippen molar-refractivity contribution in [3.63, 3.8) is 0 Å². The van der Waals surface area contributed by atoms with Gasteiger partial charge in [-0.05, 0) is 62.9 Å². The third-order valence-corrected chi connectivity index (χ3v) is 5.60. The van der Waals surface area contributed by atoms with E-state index in [9.17, 15) is 4.79 Å². The zero-order valence-electron chi connectivity index (χ0n) is 12.8. The van der Waals surface area contributed by atoms with E-state index in [2.05, 4.69) is 22.5 Å². The van der Waals surface area contributed by atoms with Crippen LogP contribution in [0.3, 0.4) is 0 Å². The van der Waals surface area contributed by atoms with Crippen LogP contribution in [0.15, 0.2) is 0 Å². The quantitative estimate of drug-likeness (QED) is 0.820. The molecule has 2 N–H and O–H groups in total. The van der Waals surface area contributed by atoms with Crippen LogP contribution in [0, 0.1) is 11.3 Å². The molecule has 1 atom stereocenters. The Bertz CT molecular complexity index is 344. The van der Waals surface area contributed by atoms with E-state index < -0.39 is 0 Å². The Morgan fingerprint density at radius 2 is 2.10 bits per heavy atom. The van der Waals surface area contributed by atoms with Gasteiger partial charge in [-0.15, -0.1) is 0 Å². The van der Waals surface area contributed by atoms with E-state index in [1.807, 2.05) is 0 Å². The number of likely N-dealkylation sites (tertiary alicyclic amines) is 1. The summed E-state index contributed by atoms with van der Waals surface area (Å²) in [7, 11) is 0. The van der Waals surface area contributed by atoms with Gasteiger partial charge in [0, 0.05) is 19.1 Å². The molecule has 114 valence electrons. The van der Waals surface area contributed by atoms with Gasteiger partial charge in [-0.3, -0.25) is 9.69 Å². The minimum atomic E-state index is 0.243. The van der Waals surface area contributed by atoms with Crippen LogP contribution < -0.4 is 10.6 Å². The molecule has 2 heterocycles. The molecule has 3 aliphatic rings. The van der Waals surface area contributed by atoms with Crippen molar-refractivity contribution in [1.29, 1.82) is 0 Å². The van der Waals surface area contributed by atoms with Crippen LogP contribution in [-0.4, -0.2) is 49.6 Å². The standard InChI is InChI=1S/C16H29N3O/c1-13-2-4-14(5-3-13)18-15(20)10-19-9-7-16(12-19)6-8-17-11-16/h13-14,17H,2-12H2,1H3,(H,18,20). The summed E-state index contributed by atoms with van der Waals surface area (Å²) in [5, 5.41) is 6.72. The van der Waals surface area contributed by atoms with E-state index in [-0.39, 0.29) is 5.91 Å². The first-order valence-electron chi connectivity index (χ1n) is 8.38. The fourth-order valence-corrected chi connectivity index (χ4v) is 4.19. The average molecular weight is 279 g/mol. The van der Waals surface area contributed by atoms with Crippen molar-refractivity contribution < 1.29 is 4.79 Å². The second-order valence-electron chi connectivity index (χ2n) is 7.41. The highest BCUT2D eigenvalue weighted by Gasteiger charge is 2.40. The van der Waals surface area contributed by atoms with Gasteiger partial charge in [-0.1, -0.05) is 6.92 Å². The monoisotopic (exact) mass is 279 g/mol. The fourth-order valence-electron chi connectivity index (χ4n) is 4.19. The molecule has 3 fully saturated rings. The van der Waals surface area contributed by atoms with Gasteiger partial charge in [0.2, 0.25) is 5.91 Å². The van der Waals surface area contributed by atoms with E-state index in [4.69, 9.17) is 0 Å². The first-order valence-corrected chi connectivity index (χ1v) is 8.38. The summed E-state index contributed by atoms with van der Waals surface area (Å²) in [5.74, 6) is 1.09. The maximum atomic E-state index is 12.2. The molecule has 20 heavy (non-hydrogen) atoms. The lowest BCUT2D eigenvalue weighted by molar-refractivity contribution is -0.123. The summed E-state index contributed by atoms with van der Waals surface area (Å²) >= 11 is 0. The molecule has 1 saturated carbocycles. The largest absolute Gasteiger partial charge is 0.352 e. The lowest BCUT2D eigenvalue weighted by Gasteiger charge is -2.28. The Morgan fingerprint density at radius 1 is 1.30 bits per heavy atom. The molecule has 0 aromatic carbocycles. The highest BCUT2D eigenvalue weighted by molar-refractivity contribution is 5.78. The van der Waals surface area contributed by atoms with Crippen molar-refractivity contribution in [3.8, 4) is 0 Å². The van der Waals surface area contributed by atoms with Crippen LogP contribution in [0.2, 0.25) is 0 Å². The molecule has 1 spiro atoms. The number of carbonyl (C=O) groups is 1. The predicted molar refractivity (Wildman–Crippen MR) is 80.5 cm³/mol. The number of rotatable bonds is 3. The molecule has 1 unspecified atom stereocenters. The smallest absolute Gasteiger partial charge is 0.234 e. The fraction of sp³-hybridized carbons (Fsp3) is 0.938. The van der Waals surface area contributed by atoms with E-state index in [0.717, 1.165) is 32.1 Å². The molecular weight excluding hydrogens is 250 g/mol. The van der Waals surface area contributed by atoms with E-state index >= 15 is 0 Å². The molecule has 1 amide bonds. The maximum absolute atomic E-state index is 12.2. The van der Waals surface area contributed by atoms with E-state index in [0.29, 0.717) is 18.0 Å². The Hall–Kier alpha value is -0.610. The number of carbonyl (C=O) groups excluding carboxylic acids is 1. The highest BCUT2D eigenvalue weighted by atomic mass is 16.2. The molecule has 2 aliphatic heterocycles. The topological polar surface area (TPSA) is 44.4 Å². The molecule has 0 bridgehead atoms. The molecule has 4 heteroatoms. The minimum Gasteiger partial charge on any atom is -0.352 e. The molecule has 0 radical (unpaired) electrons. The number of hydrogen-bond donors (Lipinski definition) is 2. The Labute approximate surface area is 122 Å². The Kier molecular flexibility index (Phi) is 4.32. The molecule has 1 aliphatic carbocycles. The molecular formula is C16H29N3O. The van der Waals surface area contributed by atoms with Crippen LogP contribution >= 0.6 is 0 Å². The lowest BCUT2D eigenvalue weighted by atomic mass is 9.86. The van der Waals surface area contributed by atoms with E-state index in [1.54, 1.807) is 0 Å². The van der Waals surface area contributed by atoms with Crippen LogP contribution in [0.4, 0.5) is 0 Å². The second-order valence-corrected chi connectivity index (χ2v) is 7.41. The van der Waals surface area contributed by atoms with Crippen molar-refractivity contribution in [2.45, 2.75) is 51.5 Å². The van der Waals surface area contributed by atoms with Crippen molar-refractivity contribution in [3.05, 3.63) is 0 Å². The SMILES string of the molecule is CC1CCC(NC(=O)CN2CCC3(CCNC3)C2)CC1. The van der Waals surface area contributed by atoms with Gasteiger partial charge in [-0.25, -0.2) is 0 Å². The highest BCUT2D eigenvalue weighted by Crippen LogP contribution is 2.35. The zero-order chi connectivity index (χ0) is 14.0. The molecule has 4 nitrogen and oxygen atoms in total. The second kappa shape index (κ2) is 6.02. The molecule has 2 saturated heterocycles. The number of nitrogens with zero attached hydrogens (tertiary/aromatic N) is 1. The normalized spacial score (nSPS) is 38.5. The minimum absolute atomic E-state index is 0.243. The summed E-state index contributed by atoms with van der Waals surface area (Å²) < 4.78 is 0. The summed E-state index contributed by atoms with van der Waals surface area (Å²) in [6.45, 7) is 7.42. The van der Waals surface area contributed by atoms with Crippen molar-refractivity contribution in [1.82, 2.24) is 15.5 Å². The third kappa shape index (κ3) is 3.34. The van der Waals surface area contributed by atoms with Crippen molar-refractivity contribution >= 4 is 5.91 Å². The van der Waals surface area contributed by atoms with Gasteiger partial charge in [0.15, 0.2) is 0 Å². The predicted octanol–water partition coefficient (Wildman–Crippen LogP) is 1.37. The molecule has 0 aromatic heterocycles. The maximum Gasteiger partial charge on any atom is 0.234 e. The summed E-state index contributed by atoms with van der Waals surface area (Å²) in [4.78, 5) is 14.5. The summed E-state index contributed by atoms with van der Waals surface area (Å²) in [5.41, 5.74) is 0.473. The third-order valence-electron chi connectivity index (χ3n) is 5.60. The molecule has 0 aromatic rings. The number of hydrogen-bond acceptors (Lipinski definition) is 3. The van der Waals surface area contributed by atoms with Crippen molar-refractivity contribution in [2.24, 2.45) is 11.3 Å². The van der Waals surface area contributed by atoms with Crippen LogP contribution in [-0.2, 0) is 4.79 Å². The Balaban J connectivity index is 1.41. The summed E-state index contributed by atoms with van der Waals surface area (Å²) in [6.07, 6.45) is 7.41.